The smallest absolute Gasteiger partial charge is 0.260 e. The number of rotatable bonds is 4. The predicted molar refractivity (Wildman–Crippen MR) is 80.9 cm³/mol. The summed E-state index contributed by atoms with van der Waals surface area (Å²) in [5.74, 6) is -0.101. The Labute approximate surface area is 121 Å². The molecule has 7 heteroatoms. The summed E-state index contributed by atoms with van der Waals surface area (Å²) in [6.07, 6.45) is 1.06. The van der Waals surface area contributed by atoms with E-state index in [0.29, 0.717) is 16.8 Å². The molecule has 2 rings (SSSR count). The topological polar surface area (TPSA) is 115 Å². The minimum atomic E-state index is -0.624. The van der Waals surface area contributed by atoms with E-state index in [1.165, 1.54) is 0 Å². The van der Waals surface area contributed by atoms with Gasteiger partial charge in [-0.05, 0) is 18.3 Å². The van der Waals surface area contributed by atoms with Crippen molar-refractivity contribution in [2.24, 2.45) is 23.3 Å². The Bertz CT molecular complexity index is 553. The molecule has 6 nitrogen and oxygen atoms in total. The first kappa shape index (κ1) is 14.6. The highest BCUT2D eigenvalue weighted by molar-refractivity contribution is 7.19. The Morgan fingerprint density at radius 3 is 2.40 bits per heavy atom. The first-order chi connectivity index (χ1) is 9.32. The van der Waals surface area contributed by atoms with Gasteiger partial charge in [-0.3, -0.25) is 9.59 Å². The minimum absolute atomic E-state index is 0.109. The number of carbonyl (C=O) groups is 2. The highest BCUT2D eigenvalue weighted by Crippen LogP contribution is 2.40. The molecule has 0 saturated carbocycles. The van der Waals surface area contributed by atoms with E-state index < -0.39 is 11.8 Å². The molecule has 0 aromatic carbocycles. The van der Waals surface area contributed by atoms with Gasteiger partial charge in [-0.15, -0.1) is 11.3 Å². The maximum atomic E-state index is 11.6. The SMILES string of the molecule is CC(C)C1CCN(c2sc(C(N)=O)c(N)c2C(N)=O)C1. The van der Waals surface area contributed by atoms with E-state index in [1.807, 2.05) is 0 Å². The number of anilines is 2. The van der Waals surface area contributed by atoms with Gasteiger partial charge in [-0.2, -0.15) is 0 Å². The van der Waals surface area contributed by atoms with Crippen LogP contribution in [0.5, 0.6) is 0 Å². The molecule has 1 aromatic heterocycles. The normalized spacial score (nSPS) is 18.8. The highest BCUT2D eigenvalue weighted by atomic mass is 32.1. The third kappa shape index (κ3) is 2.45. The van der Waals surface area contributed by atoms with Crippen LogP contribution in [0.3, 0.4) is 0 Å². The molecule has 2 heterocycles. The lowest BCUT2D eigenvalue weighted by atomic mass is 9.95. The Kier molecular flexibility index (Phi) is 3.89. The maximum Gasteiger partial charge on any atom is 0.260 e. The van der Waals surface area contributed by atoms with E-state index in [-0.39, 0.29) is 16.1 Å². The molecule has 0 spiro atoms. The summed E-state index contributed by atoms with van der Waals surface area (Å²) in [7, 11) is 0. The molecule has 110 valence electrons. The fourth-order valence-electron chi connectivity index (χ4n) is 2.59. The molecule has 1 unspecified atom stereocenters. The van der Waals surface area contributed by atoms with E-state index in [1.54, 1.807) is 0 Å². The quantitative estimate of drug-likeness (QED) is 0.769. The van der Waals surface area contributed by atoms with Crippen molar-refractivity contribution in [2.75, 3.05) is 23.7 Å². The molecule has 6 N–H and O–H groups in total. The molecule has 1 saturated heterocycles. The summed E-state index contributed by atoms with van der Waals surface area (Å²) in [6.45, 7) is 6.04. The lowest BCUT2D eigenvalue weighted by Crippen LogP contribution is -2.24. The second-order valence-electron chi connectivity index (χ2n) is 5.49. The van der Waals surface area contributed by atoms with Crippen LogP contribution in [0.25, 0.3) is 0 Å². The van der Waals surface area contributed by atoms with E-state index in [2.05, 4.69) is 18.7 Å². The molecule has 1 aromatic rings. The number of amides is 2. The molecular formula is C13H20N4O2S. The monoisotopic (exact) mass is 296 g/mol. The second-order valence-corrected chi connectivity index (χ2v) is 6.49. The van der Waals surface area contributed by atoms with Crippen LogP contribution in [0.1, 0.15) is 40.3 Å². The summed E-state index contributed by atoms with van der Waals surface area (Å²) in [5, 5.41) is 0.673. The second kappa shape index (κ2) is 5.32. The molecular weight excluding hydrogens is 276 g/mol. The van der Waals surface area contributed by atoms with Crippen molar-refractivity contribution in [2.45, 2.75) is 20.3 Å². The molecule has 0 bridgehead atoms. The summed E-state index contributed by atoms with van der Waals surface area (Å²) in [6, 6.07) is 0. The zero-order chi connectivity index (χ0) is 15.0. The Hall–Kier alpha value is -1.76. The lowest BCUT2D eigenvalue weighted by molar-refractivity contribution is 0.0999. The molecule has 1 fully saturated rings. The van der Waals surface area contributed by atoms with E-state index in [0.717, 1.165) is 30.8 Å². The van der Waals surface area contributed by atoms with Gasteiger partial charge in [-0.1, -0.05) is 13.8 Å². The molecule has 1 atom stereocenters. The number of primary amides is 2. The van der Waals surface area contributed by atoms with Gasteiger partial charge in [0.1, 0.15) is 9.88 Å². The largest absolute Gasteiger partial charge is 0.397 e. The summed E-state index contributed by atoms with van der Waals surface area (Å²) in [5.41, 5.74) is 16.9. The van der Waals surface area contributed by atoms with Gasteiger partial charge in [0.15, 0.2) is 0 Å². The number of nitrogens with zero attached hydrogens (tertiary/aromatic N) is 1. The van der Waals surface area contributed by atoms with E-state index in [9.17, 15) is 9.59 Å². The lowest BCUT2D eigenvalue weighted by Gasteiger charge is -2.19. The van der Waals surface area contributed by atoms with Crippen LogP contribution in [0, 0.1) is 11.8 Å². The highest BCUT2D eigenvalue weighted by Gasteiger charge is 2.31. The predicted octanol–water partition coefficient (Wildman–Crippen LogP) is 1.01. The van der Waals surface area contributed by atoms with Crippen LogP contribution in [-0.2, 0) is 0 Å². The Morgan fingerprint density at radius 2 is 1.95 bits per heavy atom. The van der Waals surface area contributed by atoms with Crippen LogP contribution < -0.4 is 22.1 Å². The van der Waals surface area contributed by atoms with E-state index in [4.69, 9.17) is 17.2 Å². The van der Waals surface area contributed by atoms with Crippen LogP contribution >= 0.6 is 11.3 Å². The van der Waals surface area contributed by atoms with Gasteiger partial charge in [0.25, 0.3) is 11.8 Å². The number of carbonyl (C=O) groups excluding carboxylic acids is 2. The van der Waals surface area contributed by atoms with Crippen LogP contribution in [-0.4, -0.2) is 24.9 Å². The fraction of sp³-hybridized carbons (Fsp3) is 0.538. The molecule has 20 heavy (non-hydrogen) atoms. The van der Waals surface area contributed by atoms with Crippen molar-refractivity contribution in [3.63, 3.8) is 0 Å². The molecule has 2 amide bonds. The zero-order valence-electron chi connectivity index (χ0n) is 11.7. The number of thiophene rings is 1. The van der Waals surface area contributed by atoms with Crippen molar-refractivity contribution in [3.05, 3.63) is 10.4 Å². The van der Waals surface area contributed by atoms with Crippen molar-refractivity contribution in [1.29, 1.82) is 0 Å². The first-order valence-corrected chi connectivity index (χ1v) is 7.41. The van der Waals surface area contributed by atoms with Crippen molar-refractivity contribution in [1.82, 2.24) is 0 Å². The molecule has 1 aliphatic rings. The molecule has 0 radical (unpaired) electrons. The van der Waals surface area contributed by atoms with Crippen molar-refractivity contribution in [3.8, 4) is 0 Å². The summed E-state index contributed by atoms with van der Waals surface area (Å²) in [4.78, 5) is 25.3. The Balaban J connectivity index is 2.39. The van der Waals surface area contributed by atoms with Gasteiger partial charge in [0.05, 0.1) is 11.3 Å². The standard InChI is InChI=1S/C13H20N4O2S/c1-6(2)7-3-4-17(5-7)13-8(11(15)18)9(14)10(20-13)12(16)19/h6-7H,3-5,14H2,1-2H3,(H2,15,18)(H2,16,19). The van der Waals surface area contributed by atoms with Crippen LogP contribution in [0.15, 0.2) is 0 Å². The summed E-state index contributed by atoms with van der Waals surface area (Å²) >= 11 is 1.16. The average molecular weight is 296 g/mol. The fourth-order valence-corrected chi connectivity index (χ4v) is 3.70. The third-order valence-corrected chi connectivity index (χ3v) is 5.13. The van der Waals surface area contributed by atoms with Gasteiger partial charge >= 0.3 is 0 Å². The van der Waals surface area contributed by atoms with Gasteiger partial charge in [-0.25, -0.2) is 0 Å². The molecule has 1 aliphatic heterocycles. The summed E-state index contributed by atoms with van der Waals surface area (Å²) < 4.78 is 0. The number of hydrogen-bond acceptors (Lipinski definition) is 5. The Morgan fingerprint density at radius 1 is 1.30 bits per heavy atom. The number of nitrogen functional groups attached to an aromatic ring is 1. The maximum absolute atomic E-state index is 11.6. The van der Waals surface area contributed by atoms with Gasteiger partial charge in [0, 0.05) is 13.1 Å². The number of hydrogen-bond donors (Lipinski definition) is 3. The van der Waals surface area contributed by atoms with Crippen molar-refractivity contribution < 1.29 is 9.59 Å². The third-order valence-electron chi connectivity index (χ3n) is 3.85. The van der Waals surface area contributed by atoms with Gasteiger partial charge < -0.3 is 22.1 Å². The zero-order valence-corrected chi connectivity index (χ0v) is 12.5. The van der Waals surface area contributed by atoms with Crippen LogP contribution in [0.2, 0.25) is 0 Å². The minimum Gasteiger partial charge on any atom is -0.397 e. The average Bonchev–Trinajstić information content (AvgIpc) is 2.92. The molecule has 0 aliphatic carbocycles. The first-order valence-electron chi connectivity index (χ1n) is 6.59. The van der Waals surface area contributed by atoms with Crippen molar-refractivity contribution >= 4 is 33.8 Å². The number of nitrogens with two attached hydrogens (primary N) is 3. The van der Waals surface area contributed by atoms with E-state index >= 15 is 0 Å². The van der Waals surface area contributed by atoms with Crippen LogP contribution in [0.4, 0.5) is 10.7 Å². The van der Waals surface area contributed by atoms with Gasteiger partial charge in [0.2, 0.25) is 0 Å².